The maximum Gasteiger partial charge on any atom is 0.251 e. The van der Waals surface area contributed by atoms with Crippen molar-refractivity contribution < 1.29 is 9.59 Å². The normalized spacial score (nSPS) is 12.0. The third kappa shape index (κ3) is 3.72. The van der Waals surface area contributed by atoms with Crippen LogP contribution in [0.4, 0.5) is 0 Å². The number of benzene rings is 1. The molecule has 2 rings (SSSR count). The fourth-order valence-corrected chi connectivity index (χ4v) is 2.17. The van der Waals surface area contributed by atoms with Crippen LogP contribution in [-0.4, -0.2) is 27.6 Å². The van der Waals surface area contributed by atoms with Gasteiger partial charge in [-0.15, -0.1) is 0 Å². The predicted molar refractivity (Wildman–Crippen MR) is 83.4 cm³/mol. The van der Waals surface area contributed by atoms with Gasteiger partial charge < -0.3 is 11.1 Å². The molecule has 0 aliphatic heterocycles. The van der Waals surface area contributed by atoms with Crippen LogP contribution in [0.15, 0.2) is 30.3 Å². The van der Waals surface area contributed by atoms with Crippen LogP contribution in [-0.2, 0) is 11.3 Å². The van der Waals surface area contributed by atoms with Crippen molar-refractivity contribution in [2.75, 3.05) is 0 Å². The van der Waals surface area contributed by atoms with E-state index in [1.165, 1.54) is 0 Å². The monoisotopic (exact) mass is 300 g/mol. The lowest BCUT2D eigenvalue weighted by molar-refractivity contribution is -0.119. The van der Waals surface area contributed by atoms with E-state index in [4.69, 9.17) is 5.73 Å². The van der Waals surface area contributed by atoms with Gasteiger partial charge in [0.2, 0.25) is 5.91 Å². The predicted octanol–water partition coefficient (Wildman–Crippen LogP) is 1.15. The summed E-state index contributed by atoms with van der Waals surface area (Å²) in [6.07, 6.45) is 0. The van der Waals surface area contributed by atoms with Crippen molar-refractivity contribution in [3.05, 3.63) is 52.8 Å². The van der Waals surface area contributed by atoms with Crippen molar-refractivity contribution in [1.29, 1.82) is 0 Å². The summed E-state index contributed by atoms with van der Waals surface area (Å²) in [5.74, 6) is -0.881. The van der Waals surface area contributed by atoms with Crippen LogP contribution in [0, 0.1) is 13.8 Å². The standard InChI is InChI=1S/C16H20N4O2/c1-10-7-11(2)20(19-10)9-13-5-4-6-14(8-13)16(22)18-12(3)15(17)21/h4-8,12H,9H2,1-3H3,(H2,17,21)(H,18,22). The Bertz CT molecular complexity index is 706. The molecule has 3 N–H and O–H groups in total. The summed E-state index contributed by atoms with van der Waals surface area (Å²) < 4.78 is 1.89. The number of carbonyl (C=O) groups is 2. The highest BCUT2D eigenvalue weighted by atomic mass is 16.2. The molecule has 0 radical (unpaired) electrons. The summed E-state index contributed by atoms with van der Waals surface area (Å²) in [6, 6.07) is 8.54. The number of nitrogens with zero attached hydrogens (tertiary/aromatic N) is 2. The molecule has 1 heterocycles. The number of primary amides is 1. The molecule has 1 aromatic carbocycles. The van der Waals surface area contributed by atoms with Gasteiger partial charge in [0.1, 0.15) is 6.04 Å². The first-order valence-electron chi connectivity index (χ1n) is 7.07. The SMILES string of the molecule is Cc1cc(C)n(Cc2cccc(C(=O)NC(C)C(N)=O)c2)n1. The Hall–Kier alpha value is -2.63. The fourth-order valence-electron chi connectivity index (χ4n) is 2.17. The summed E-state index contributed by atoms with van der Waals surface area (Å²) >= 11 is 0. The average molecular weight is 300 g/mol. The Labute approximate surface area is 129 Å². The molecule has 1 unspecified atom stereocenters. The molecule has 1 aromatic heterocycles. The van der Waals surface area contributed by atoms with Gasteiger partial charge in [0.15, 0.2) is 0 Å². The Morgan fingerprint density at radius 1 is 1.32 bits per heavy atom. The molecule has 0 aliphatic carbocycles. The zero-order valence-corrected chi connectivity index (χ0v) is 13.0. The molecule has 6 nitrogen and oxygen atoms in total. The summed E-state index contributed by atoms with van der Waals surface area (Å²) in [5.41, 5.74) is 8.63. The lowest BCUT2D eigenvalue weighted by Crippen LogP contribution is -2.42. The minimum absolute atomic E-state index is 0.318. The van der Waals surface area contributed by atoms with Crippen LogP contribution in [0.25, 0.3) is 0 Å². The maximum atomic E-state index is 12.1. The van der Waals surface area contributed by atoms with Gasteiger partial charge >= 0.3 is 0 Å². The lowest BCUT2D eigenvalue weighted by atomic mass is 10.1. The quantitative estimate of drug-likeness (QED) is 0.868. The molecule has 0 saturated heterocycles. The second-order valence-corrected chi connectivity index (χ2v) is 5.38. The van der Waals surface area contributed by atoms with E-state index in [0.717, 1.165) is 17.0 Å². The van der Waals surface area contributed by atoms with Crippen molar-refractivity contribution in [1.82, 2.24) is 15.1 Å². The maximum absolute atomic E-state index is 12.1. The lowest BCUT2D eigenvalue weighted by Gasteiger charge is -2.11. The summed E-state index contributed by atoms with van der Waals surface area (Å²) in [7, 11) is 0. The van der Waals surface area contributed by atoms with Crippen LogP contribution in [0.3, 0.4) is 0 Å². The molecule has 2 aromatic rings. The van der Waals surface area contributed by atoms with E-state index in [1.807, 2.05) is 36.7 Å². The highest BCUT2D eigenvalue weighted by Gasteiger charge is 2.14. The fraction of sp³-hybridized carbons (Fsp3) is 0.312. The van der Waals surface area contributed by atoms with Gasteiger partial charge in [0, 0.05) is 11.3 Å². The molecular weight excluding hydrogens is 280 g/mol. The second kappa shape index (κ2) is 6.43. The van der Waals surface area contributed by atoms with Crippen LogP contribution < -0.4 is 11.1 Å². The molecular formula is C16H20N4O2. The Kier molecular flexibility index (Phi) is 4.60. The van der Waals surface area contributed by atoms with Crippen molar-refractivity contribution in [2.24, 2.45) is 5.73 Å². The molecule has 0 aliphatic rings. The number of nitrogens with one attached hydrogen (secondary N) is 1. The molecule has 2 amide bonds. The molecule has 22 heavy (non-hydrogen) atoms. The first-order chi connectivity index (χ1) is 10.4. The molecule has 0 fully saturated rings. The highest BCUT2D eigenvalue weighted by molar-refractivity contribution is 5.97. The van der Waals surface area contributed by atoms with Crippen molar-refractivity contribution in [3.63, 3.8) is 0 Å². The van der Waals surface area contributed by atoms with E-state index < -0.39 is 11.9 Å². The number of aryl methyl sites for hydroxylation is 2. The van der Waals surface area contributed by atoms with Crippen LogP contribution in [0.5, 0.6) is 0 Å². The van der Waals surface area contributed by atoms with E-state index in [1.54, 1.807) is 19.1 Å². The smallest absolute Gasteiger partial charge is 0.251 e. The minimum atomic E-state index is -0.702. The van der Waals surface area contributed by atoms with Gasteiger partial charge in [-0.05, 0) is 44.5 Å². The first-order valence-corrected chi connectivity index (χ1v) is 7.07. The summed E-state index contributed by atoms with van der Waals surface area (Å²) in [6.45, 7) is 6.08. The Morgan fingerprint density at radius 3 is 2.64 bits per heavy atom. The number of hydrogen-bond donors (Lipinski definition) is 2. The van der Waals surface area contributed by atoms with Gasteiger partial charge in [-0.25, -0.2) is 0 Å². The average Bonchev–Trinajstić information content (AvgIpc) is 2.77. The number of rotatable bonds is 5. The van der Waals surface area contributed by atoms with Crippen molar-refractivity contribution in [2.45, 2.75) is 33.4 Å². The number of carbonyl (C=O) groups excluding carboxylic acids is 2. The topological polar surface area (TPSA) is 90.0 Å². The number of aromatic nitrogens is 2. The number of nitrogens with two attached hydrogens (primary N) is 1. The Morgan fingerprint density at radius 2 is 2.05 bits per heavy atom. The van der Waals surface area contributed by atoms with E-state index in [-0.39, 0.29) is 5.91 Å². The number of hydrogen-bond acceptors (Lipinski definition) is 3. The van der Waals surface area contributed by atoms with Gasteiger partial charge in [0.05, 0.1) is 12.2 Å². The first kappa shape index (κ1) is 15.8. The third-order valence-corrected chi connectivity index (χ3v) is 3.40. The Balaban J connectivity index is 2.14. The third-order valence-electron chi connectivity index (χ3n) is 3.40. The second-order valence-electron chi connectivity index (χ2n) is 5.38. The van der Waals surface area contributed by atoms with E-state index in [0.29, 0.717) is 12.1 Å². The van der Waals surface area contributed by atoms with E-state index in [2.05, 4.69) is 10.4 Å². The van der Waals surface area contributed by atoms with Crippen LogP contribution in [0.1, 0.15) is 34.2 Å². The van der Waals surface area contributed by atoms with Gasteiger partial charge in [0.25, 0.3) is 5.91 Å². The molecule has 116 valence electrons. The molecule has 1 atom stereocenters. The zero-order chi connectivity index (χ0) is 16.3. The van der Waals surface area contributed by atoms with Crippen LogP contribution in [0.2, 0.25) is 0 Å². The zero-order valence-electron chi connectivity index (χ0n) is 13.0. The number of amides is 2. The van der Waals surface area contributed by atoms with Crippen LogP contribution >= 0.6 is 0 Å². The minimum Gasteiger partial charge on any atom is -0.368 e. The molecule has 0 spiro atoms. The van der Waals surface area contributed by atoms with Crippen molar-refractivity contribution >= 4 is 11.8 Å². The van der Waals surface area contributed by atoms with E-state index in [9.17, 15) is 9.59 Å². The van der Waals surface area contributed by atoms with Crippen molar-refractivity contribution in [3.8, 4) is 0 Å². The summed E-state index contributed by atoms with van der Waals surface area (Å²) in [5, 5.41) is 6.97. The van der Waals surface area contributed by atoms with Gasteiger partial charge in [-0.1, -0.05) is 12.1 Å². The molecule has 0 saturated carbocycles. The largest absolute Gasteiger partial charge is 0.368 e. The molecule has 6 heteroatoms. The van der Waals surface area contributed by atoms with Gasteiger partial charge in [-0.3, -0.25) is 14.3 Å². The highest BCUT2D eigenvalue weighted by Crippen LogP contribution is 2.10. The van der Waals surface area contributed by atoms with Gasteiger partial charge in [-0.2, -0.15) is 5.10 Å². The molecule has 0 bridgehead atoms. The summed E-state index contributed by atoms with van der Waals surface area (Å²) in [4.78, 5) is 23.1. The van der Waals surface area contributed by atoms with E-state index >= 15 is 0 Å².